The van der Waals surface area contributed by atoms with Gasteiger partial charge in [0.25, 0.3) is 5.91 Å². The van der Waals surface area contributed by atoms with Gasteiger partial charge in [-0.3, -0.25) is 9.48 Å². The van der Waals surface area contributed by atoms with E-state index in [1.807, 2.05) is 42.8 Å². The van der Waals surface area contributed by atoms with Gasteiger partial charge in [0.15, 0.2) is 5.69 Å². The largest absolute Gasteiger partial charge is 0.379 e. The summed E-state index contributed by atoms with van der Waals surface area (Å²) in [6, 6.07) is 12.4. The van der Waals surface area contributed by atoms with Gasteiger partial charge in [-0.15, -0.1) is 0 Å². The van der Waals surface area contributed by atoms with Crippen LogP contribution in [0.1, 0.15) is 35.9 Å². The summed E-state index contributed by atoms with van der Waals surface area (Å²) in [5.74, 6) is -0.107. The lowest BCUT2D eigenvalue weighted by Crippen LogP contribution is -2.15. The number of benzene rings is 2. The van der Waals surface area contributed by atoms with Gasteiger partial charge >= 0.3 is 10.1 Å². The number of nitrogens with one attached hydrogen (secondary N) is 1. The van der Waals surface area contributed by atoms with Crippen LogP contribution in [0.25, 0.3) is 17.0 Å². The smallest absolute Gasteiger partial charge is 0.332 e. The first-order valence-electron chi connectivity index (χ1n) is 8.39. The van der Waals surface area contributed by atoms with Crippen molar-refractivity contribution < 1.29 is 17.4 Å². The fourth-order valence-corrected chi connectivity index (χ4v) is 3.75. The number of amides is 1. The van der Waals surface area contributed by atoms with Gasteiger partial charge in [0, 0.05) is 22.7 Å². The van der Waals surface area contributed by atoms with Crippen LogP contribution >= 0.6 is 0 Å². The molecule has 2 heterocycles. The van der Waals surface area contributed by atoms with Crippen LogP contribution in [0.5, 0.6) is 5.75 Å². The second-order valence-electron chi connectivity index (χ2n) is 6.49. The van der Waals surface area contributed by atoms with E-state index in [2.05, 4.69) is 10.4 Å². The average Bonchev–Trinajstić information content (AvgIpc) is 3.01. The molecule has 1 aliphatic rings. The number of rotatable bonds is 3. The summed E-state index contributed by atoms with van der Waals surface area (Å²) in [5, 5.41) is 9.06. The van der Waals surface area contributed by atoms with E-state index in [0.29, 0.717) is 16.9 Å². The summed E-state index contributed by atoms with van der Waals surface area (Å²) in [6.45, 7) is 4.01. The molecule has 0 atom stereocenters. The fourth-order valence-electron chi connectivity index (χ4n) is 2.98. The summed E-state index contributed by atoms with van der Waals surface area (Å²) in [5.41, 5.74) is 2.32. The van der Waals surface area contributed by atoms with Crippen LogP contribution in [0.15, 0.2) is 47.9 Å². The molecular formula is C19H17N3O4S. The summed E-state index contributed by atoms with van der Waals surface area (Å²) >= 11 is 0. The third kappa shape index (κ3) is 3.19. The van der Waals surface area contributed by atoms with Crippen LogP contribution in [0, 0.1) is 0 Å². The Kier molecular flexibility index (Phi) is 4.00. The normalized spacial score (nSPS) is 14.8. The molecule has 138 valence electrons. The molecule has 0 saturated carbocycles. The third-order valence-electron chi connectivity index (χ3n) is 4.21. The van der Waals surface area contributed by atoms with Crippen molar-refractivity contribution in [2.24, 2.45) is 0 Å². The van der Waals surface area contributed by atoms with Crippen LogP contribution in [-0.2, 0) is 10.1 Å². The van der Waals surface area contributed by atoms with Crippen molar-refractivity contribution in [1.82, 2.24) is 9.78 Å². The molecule has 1 aromatic heterocycles. The first-order valence-corrected chi connectivity index (χ1v) is 9.86. The molecule has 0 saturated heterocycles. The summed E-state index contributed by atoms with van der Waals surface area (Å²) in [6.07, 6.45) is 1.44. The third-order valence-corrected chi connectivity index (χ3v) is 5.09. The summed E-state index contributed by atoms with van der Waals surface area (Å²) < 4.78 is 29.6. The molecule has 0 bridgehead atoms. The molecule has 2 aromatic carbocycles. The molecule has 27 heavy (non-hydrogen) atoms. The van der Waals surface area contributed by atoms with Crippen molar-refractivity contribution in [2.45, 2.75) is 19.9 Å². The number of aromatic nitrogens is 2. The highest BCUT2D eigenvalue weighted by molar-refractivity contribution is 7.90. The standard InChI is InChI=1S/C19H17N3O4S/c1-12(2)22-16-6-4-3-5-15(16)18(21-22)19(23)20-14-7-8-17-13(11-14)9-10-27(24,25)26-17/h3-12H,1-2H3,(H,20,23). The van der Waals surface area contributed by atoms with Crippen LogP contribution in [0.4, 0.5) is 5.69 Å². The molecule has 7 nitrogen and oxygen atoms in total. The Bertz CT molecular complexity index is 1190. The zero-order valence-corrected chi connectivity index (χ0v) is 15.5. The lowest BCUT2D eigenvalue weighted by Gasteiger charge is -2.13. The maximum atomic E-state index is 12.8. The molecule has 1 aliphatic heterocycles. The SMILES string of the molecule is CC(C)n1nc(C(=O)Nc2ccc3c(c2)C=CS(=O)(=O)O3)c2ccccc21. The van der Waals surface area contributed by atoms with E-state index in [-0.39, 0.29) is 17.7 Å². The topological polar surface area (TPSA) is 90.3 Å². The zero-order chi connectivity index (χ0) is 19.2. The van der Waals surface area contributed by atoms with E-state index in [1.54, 1.807) is 12.1 Å². The number of hydrogen-bond donors (Lipinski definition) is 1. The van der Waals surface area contributed by atoms with Crippen LogP contribution in [0.2, 0.25) is 0 Å². The van der Waals surface area contributed by atoms with Crippen molar-refractivity contribution in [3.8, 4) is 5.75 Å². The Hall–Kier alpha value is -3.13. The Balaban J connectivity index is 1.67. The van der Waals surface area contributed by atoms with Crippen LogP contribution < -0.4 is 9.50 Å². The van der Waals surface area contributed by atoms with Crippen molar-refractivity contribution >= 4 is 38.7 Å². The first kappa shape index (κ1) is 17.3. The Morgan fingerprint density at radius 3 is 2.74 bits per heavy atom. The average molecular weight is 383 g/mol. The second kappa shape index (κ2) is 6.24. The summed E-state index contributed by atoms with van der Waals surface area (Å²) in [4.78, 5) is 12.8. The molecule has 1 N–H and O–H groups in total. The fraction of sp³-hybridized carbons (Fsp3) is 0.158. The highest BCUT2D eigenvalue weighted by Crippen LogP contribution is 2.30. The number of fused-ring (bicyclic) bond motifs is 2. The number of anilines is 1. The molecule has 4 rings (SSSR count). The lowest BCUT2D eigenvalue weighted by atomic mass is 10.1. The van der Waals surface area contributed by atoms with E-state index in [4.69, 9.17) is 4.18 Å². The van der Waals surface area contributed by atoms with Gasteiger partial charge in [0.05, 0.1) is 10.9 Å². The van der Waals surface area contributed by atoms with Gasteiger partial charge < -0.3 is 9.50 Å². The van der Waals surface area contributed by atoms with E-state index < -0.39 is 10.1 Å². The van der Waals surface area contributed by atoms with Crippen molar-refractivity contribution in [3.63, 3.8) is 0 Å². The van der Waals surface area contributed by atoms with Crippen molar-refractivity contribution in [1.29, 1.82) is 0 Å². The number of nitrogens with zero attached hydrogens (tertiary/aromatic N) is 2. The molecular weight excluding hydrogens is 366 g/mol. The van der Waals surface area contributed by atoms with Crippen LogP contribution in [0.3, 0.4) is 0 Å². The van der Waals surface area contributed by atoms with Gasteiger partial charge in [-0.1, -0.05) is 18.2 Å². The molecule has 0 radical (unpaired) electrons. The minimum atomic E-state index is -3.69. The van der Waals surface area contributed by atoms with Gasteiger partial charge in [-0.2, -0.15) is 13.5 Å². The number of para-hydroxylation sites is 1. The molecule has 0 unspecified atom stereocenters. The van der Waals surface area contributed by atoms with Gasteiger partial charge in [-0.25, -0.2) is 0 Å². The Labute approximate surface area is 156 Å². The minimum Gasteiger partial charge on any atom is -0.379 e. The highest BCUT2D eigenvalue weighted by atomic mass is 32.2. The molecule has 0 fully saturated rings. The van der Waals surface area contributed by atoms with E-state index in [0.717, 1.165) is 16.3 Å². The maximum Gasteiger partial charge on any atom is 0.332 e. The van der Waals surface area contributed by atoms with Crippen molar-refractivity contribution in [2.75, 3.05) is 5.32 Å². The Morgan fingerprint density at radius 2 is 1.96 bits per heavy atom. The van der Waals surface area contributed by atoms with Gasteiger partial charge in [0.1, 0.15) is 5.75 Å². The molecule has 8 heteroatoms. The maximum absolute atomic E-state index is 12.8. The summed E-state index contributed by atoms with van der Waals surface area (Å²) in [7, 11) is -3.69. The van der Waals surface area contributed by atoms with Crippen LogP contribution in [-0.4, -0.2) is 24.1 Å². The van der Waals surface area contributed by atoms with E-state index >= 15 is 0 Å². The van der Waals surface area contributed by atoms with E-state index in [9.17, 15) is 13.2 Å². The van der Waals surface area contributed by atoms with Gasteiger partial charge in [0.2, 0.25) is 0 Å². The minimum absolute atomic E-state index is 0.115. The lowest BCUT2D eigenvalue weighted by molar-refractivity contribution is 0.102. The van der Waals surface area contributed by atoms with Crippen molar-refractivity contribution in [3.05, 3.63) is 59.1 Å². The Morgan fingerprint density at radius 1 is 1.19 bits per heavy atom. The highest BCUT2D eigenvalue weighted by Gasteiger charge is 2.20. The number of hydrogen-bond acceptors (Lipinski definition) is 5. The molecule has 1 amide bonds. The molecule has 3 aromatic rings. The zero-order valence-electron chi connectivity index (χ0n) is 14.7. The predicted octanol–water partition coefficient (Wildman–Crippen LogP) is 3.56. The number of carbonyl (C=O) groups excluding carboxylic acids is 1. The van der Waals surface area contributed by atoms with Gasteiger partial charge in [-0.05, 0) is 44.2 Å². The first-order chi connectivity index (χ1) is 12.8. The number of carbonyl (C=O) groups is 1. The predicted molar refractivity (Wildman–Crippen MR) is 103 cm³/mol. The molecule has 0 spiro atoms. The quantitative estimate of drug-likeness (QED) is 0.699. The second-order valence-corrected chi connectivity index (χ2v) is 7.91. The monoisotopic (exact) mass is 383 g/mol. The molecule has 0 aliphatic carbocycles. The van der Waals surface area contributed by atoms with E-state index in [1.165, 1.54) is 12.1 Å².